The van der Waals surface area contributed by atoms with E-state index in [4.69, 9.17) is 9.47 Å². The van der Waals surface area contributed by atoms with E-state index < -0.39 is 5.91 Å². The van der Waals surface area contributed by atoms with Crippen LogP contribution in [-0.4, -0.2) is 23.0 Å². The number of aromatic nitrogens is 2. The summed E-state index contributed by atoms with van der Waals surface area (Å²) < 4.78 is 10.9. The Kier molecular flexibility index (Phi) is 6.27. The highest BCUT2D eigenvalue weighted by molar-refractivity contribution is 6.02. The molecule has 1 heterocycles. The minimum absolute atomic E-state index is 0.0434. The van der Waals surface area contributed by atoms with Gasteiger partial charge in [-0.2, -0.15) is 0 Å². The maximum absolute atomic E-state index is 12.7. The third-order valence-electron chi connectivity index (χ3n) is 4.65. The van der Waals surface area contributed by atoms with Gasteiger partial charge < -0.3 is 19.8 Å². The van der Waals surface area contributed by atoms with Crippen LogP contribution in [0.1, 0.15) is 21.9 Å². The molecule has 0 saturated heterocycles. The Morgan fingerprint density at radius 2 is 1.56 bits per heavy atom. The molecule has 7 nitrogen and oxygen atoms in total. The fourth-order valence-corrected chi connectivity index (χ4v) is 3.07. The van der Waals surface area contributed by atoms with Crippen molar-refractivity contribution in [2.24, 2.45) is 0 Å². The number of hydrogen-bond donors (Lipinski definition) is 2. The Bertz CT molecular complexity index is 1250. The summed E-state index contributed by atoms with van der Waals surface area (Å²) in [6.45, 7) is 0. The molecular formula is C25H21N3O4. The van der Waals surface area contributed by atoms with E-state index in [1.54, 1.807) is 31.4 Å². The van der Waals surface area contributed by atoms with Crippen LogP contribution in [0.2, 0.25) is 0 Å². The van der Waals surface area contributed by atoms with E-state index in [0.29, 0.717) is 23.7 Å². The SMILES string of the molecule is COc1ccc(Cc2nc(C(=O)Nc3ccc(Oc4ccccc4)cc3)cc(=O)[nH]2)cc1. The number of ether oxygens (including phenoxy) is 2. The molecule has 32 heavy (non-hydrogen) atoms. The molecule has 0 spiro atoms. The highest BCUT2D eigenvalue weighted by Crippen LogP contribution is 2.22. The number of aromatic amines is 1. The first-order valence-electron chi connectivity index (χ1n) is 9.96. The molecule has 0 aliphatic rings. The molecule has 0 aliphatic carbocycles. The number of nitrogens with zero attached hydrogens (tertiary/aromatic N) is 1. The number of H-pyrrole nitrogens is 1. The average molecular weight is 427 g/mol. The Hall–Kier alpha value is -4.39. The van der Waals surface area contributed by atoms with Crippen molar-refractivity contribution in [3.63, 3.8) is 0 Å². The smallest absolute Gasteiger partial charge is 0.274 e. The number of para-hydroxylation sites is 1. The van der Waals surface area contributed by atoms with Gasteiger partial charge in [-0.3, -0.25) is 9.59 Å². The number of benzene rings is 3. The first-order valence-corrected chi connectivity index (χ1v) is 9.96. The van der Waals surface area contributed by atoms with Crippen LogP contribution in [0.15, 0.2) is 89.7 Å². The molecule has 3 aromatic carbocycles. The maximum atomic E-state index is 12.7. The number of hydrogen-bond acceptors (Lipinski definition) is 5. The van der Waals surface area contributed by atoms with Gasteiger partial charge >= 0.3 is 0 Å². The number of methoxy groups -OCH3 is 1. The normalized spacial score (nSPS) is 10.4. The third kappa shape index (κ3) is 5.40. The van der Waals surface area contributed by atoms with E-state index in [9.17, 15) is 9.59 Å². The Morgan fingerprint density at radius 1 is 0.906 bits per heavy atom. The number of amides is 1. The van der Waals surface area contributed by atoms with Gasteiger partial charge in [0.15, 0.2) is 0 Å². The topological polar surface area (TPSA) is 93.3 Å². The summed E-state index contributed by atoms with van der Waals surface area (Å²) in [5.41, 5.74) is 1.15. The molecule has 4 rings (SSSR count). The van der Waals surface area contributed by atoms with E-state index in [2.05, 4.69) is 15.3 Å². The molecule has 160 valence electrons. The predicted molar refractivity (Wildman–Crippen MR) is 122 cm³/mol. The number of anilines is 1. The van der Waals surface area contributed by atoms with Crippen LogP contribution < -0.4 is 20.3 Å². The second-order valence-electron chi connectivity index (χ2n) is 7.00. The summed E-state index contributed by atoms with van der Waals surface area (Å²) in [7, 11) is 1.60. The standard InChI is InChI=1S/C25H21N3O4/c1-31-19-11-7-17(8-12-19)15-23-27-22(16-24(29)28-23)25(30)26-18-9-13-21(14-10-18)32-20-5-3-2-4-6-20/h2-14,16H,15H2,1H3,(H,26,30)(H,27,28,29). The molecule has 0 radical (unpaired) electrons. The minimum Gasteiger partial charge on any atom is -0.497 e. The highest BCUT2D eigenvalue weighted by Gasteiger charge is 2.11. The summed E-state index contributed by atoms with van der Waals surface area (Å²) in [6.07, 6.45) is 0.381. The molecule has 0 bridgehead atoms. The van der Waals surface area contributed by atoms with Gasteiger partial charge in [0, 0.05) is 18.2 Å². The van der Waals surface area contributed by atoms with Gasteiger partial charge in [-0.15, -0.1) is 0 Å². The summed E-state index contributed by atoms with van der Waals surface area (Å²) in [4.78, 5) is 31.7. The van der Waals surface area contributed by atoms with Gasteiger partial charge in [0.05, 0.1) is 7.11 Å². The Labute approximate surface area is 184 Å². The number of carbonyl (C=O) groups excluding carboxylic acids is 1. The van der Waals surface area contributed by atoms with Crippen molar-refractivity contribution in [2.75, 3.05) is 12.4 Å². The van der Waals surface area contributed by atoms with Gasteiger partial charge in [0.1, 0.15) is 28.8 Å². The summed E-state index contributed by atoms with van der Waals surface area (Å²) in [5, 5.41) is 2.76. The third-order valence-corrected chi connectivity index (χ3v) is 4.65. The monoisotopic (exact) mass is 427 g/mol. The molecule has 1 aromatic heterocycles. The zero-order valence-electron chi connectivity index (χ0n) is 17.4. The van der Waals surface area contributed by atoms with E-state index in [-0.39, 0.29) is 11.3 Å². The summed E-state index contributed by atoms with van der Waals surface area (Å²) in [5.74, 6) is 2.04. The number of carbonyl (C=O) groups is 1. The van der Waals surface area contributed by atoms with Gasteiger partial charge in [-0.25, -0.2) is 4.98 Å². The van der Waals surface area contributed by atoms with E-state index in [1.165, 1.54) is 6.07 Å². The van der Waals surface area contributed by atoms with Crippen molar-refractivity contribution in [2.45, 2.75) is 6.42 Å². The first-order chi connectivity index (χ1) is 15.6. The molecule has 0 atom stereocenters. The van der Waals surface area contributed by atoms with Crippen LogP contribution >= 0.6 is 0 Å². The number of nitrogens with one attached hydrogen (secondary N) is 2. The fourth-order valence-electron chi connectivity index (χ4n) is 3.07. The zero-order valence-corrected chi connectivity index (χ0v) is 17.4. The summed E-state index contributed by atoms with van der Waals surface area (Å²) >= 11 is 0. The lowest BCUT2D eigenvalue weighted by Gasteiger charge is -2.09. The lowest BCUT2D eigenvalue weighted by atomic mass is 10.1. The zero-order chi connectivity index (χ0) is 22.3. The molecule has 1 amide bonds. The van der Waals surface area contributed by atoms with Crippen molar-refractivity contribution in [1.82, 2.24) is 9.97 Å². The van der Waals surface area contributed by atoms with Crippen LogP contribution in [-0.2, 0) is 6.42 Å². The quantitative estimate of drug-likeness (QED) is 0.456. The molecular weight excluding hydrogens is 406 g/mol. The molecule has 0 unspecified atom stereocenters. The Balaban J connectivity index is 1.44. The molecule has 2 N–H and O–H groups in total. The predicted octanol–water partition coefficient (Wildman–Crippen LogP) is 4.41. The van der Waals surface area contributed by atoms with Crippen molar-refractivity contribution >= 4 is 11.6 Å². The lowest BCUT2D eigenvalue weighted by molar-refractivity contribution is 0.102. The van der Waals surface area contributed by atoms with Crippen LogP contribution in [0.4, 0.5) is 5.69 Å². The van der Waals surface area contributed by atoms with Crippen molar-refractivity contribution in [1.29, 1.82) is 0 Å². The van der Waals surface area contributed by atoms with Crippen molar-refractivity contribution in [3.8, 4) is 17.2 Å². The molecule has 4 aromatic rings. The van der Waals surface area contributed by atoms with E-state index in [0.717, 1.165) is 17.1 Å². The molecule has 7 heteroatoms. The van der Waals surface area contributed by atoms with Crippen LogP contribution in [0.5, 0.6) is 17.2 Å². The van der Waals surface area contributed by atoms with Gasteiger partial charge in [0.25, 0.3) is 11.5 Å². The van der Waals surface area contributed by atoms with E-state index in [1.807, 2.05) is 54.6 Å². The largest absolute Gasteiger partial charge is 0.497 e. The van der Waals surface area contributed by atoms with Gasteiger partial charge in [-0.05, 0) is 54.1 Å². The Morgan fingerprint density at radius 3 is 2.25 bits per heavy atom. The molecule has 0 saturated carbocycles. The van der Waals surface area contributed by atoms with E-state index >= 15 is 0 Å². The van der Waals surface area contributed by atoms with Crippen LogP contribution in [0, 0.1) is 0 Å². The minimum atomic E-state index is -0.469. The summed E-state index contributed by atoms with van der Waals surface area (Å²) in [6, 6.07) is 25.0. The second-order valence-corrected chi connectivity index (χ2v) is 7.00. The first kappa shape index (κ1) is 20.9. The lowest BCUT2D eigenvalue weighted by Crippen LogP contribution is -2.20. The average Bonchev–Trinajstić information content (AvgIpc) is 2.81. The van der Waals surface area contributed by atoms with Crippen LogP contribution in [0.25, 0.3) is 0 Å². The van der Waals surface area contributed by atoms with Crippen molar-refractivity contribution < 1.29 is 14.3 Å². The van der Waals surface area contributed by atoms with Gasteiger partial charge in [-0.1, -0.05) is 30.3 Å². The second kappa shape index (κ2) is 9.61. The van der Waals surface area contributed by atoms with Gasteiger partial charge in [0.2, 0.25) is 0 Å². The van der Waals surface area contributed by atoms with Crippen molar-refractivity contribution in [3.05, 3.63) is 112 Å². The highest BCUT2D eigenvalue weighted by atomic mass is 16.5. The van der Waals surface area contributed by atoms with Crippen LogP contribution in [0.3, 0.4) is 0 Å². The maximum Gasteiger partial charge on any atom is 0.274 e. The molecule has 0 fully saturated rings. The fraction of sp³-hybridized carbons (Fsp3) is 0.0800. The molecule has 0 aliphatic heterocycles. The number of rotatable bonds is 7.